The SMILES string of the molecule is CC(=O)c1ccc(N2C(=O)C(CC(=O)Nc3ccc4cc[nH]c4c3)N(Cc3ccc(F)cc3)C2=S)cc1. The first-order valence-corrected chi connectivity index (χ1v) is 12.1. The molecule has 0 aliphatic carbocycles. The van der Waals surface area contributed by atoms with Gasteiger partial charge in [0, 0.05) is 29.5 Å². The number of ketones is 1. The largest absolute Gasteiger partial charge is 0.361 e. The smallest absolute Gasteiger partial charge is 0.256 e. The van der Waals surface area contributed by atoms with E-state index < -0.39 is 6.04 Å². The topological polar surface area (TPSA) is 85.5 Å². The highest BCUT2D eigenvalue weighted by molar-refractivity contribution is 7.80. The van der Waals surface area contributed by atoms with Gasteiger partial charge in [0.2, 0.25) is 5.91 Å². The number of nitrogens with zero attached hydrogens (tertiary/aromatic N) is 2. The maximum Gasteiger partial charge on any atom is 0.256 e. The minimum absolute atomic E-state index is 0.0908. The summed E-state index contributed by atoms with van der Waals surface area (Å²) in [7, 11) is 0. The number of halogens is 1. The molecule has 37 heavy (non-hydrogen) atoms. The molecule has 1 aliphatic rings. The van der Waals surface area contributed by atoms with Crippen LogP contribution in [0.3, 0.4) is 0 Å². The Balaban J connectivity index is 1.41. The summed E-state index contributed by atoms with van der Waals surface area (Å²) in [5, 5.41) is 4.12. The number of aromatic nitrogens is 1. The highest BCUT2D eigenvalue weighted by Crippen LogP contribution is 2.29. The summed E-state index contributed by atoms with van der Waals surface area (Å²) >= 11 is 5.69. The standard InChI is InChI=1S/C28H23FN4O3S/c1-17(34)19-5-10-23(11-6-19)33-27(36)25(32(28(33)37)16-18-2-7-21(29)8-3-18)15-26(35)31-22-9-4-20-12-13-30-24(20)14-22/h2-14,25,30H,15-16H2,1H3,(H,31,35). The summed E-state index contributed by atoms with van der Waals surface area (Å²) in [6, 6.07) is 19.1. The molecule has 2 N–H and O–H groups in total. The van der Waals surface area contributed by atoms with Crippen LogP contribution in [0, 0.1) is 5.82 Å². The Morgan fingerprint density at radius 2 is 1.76 bits per heavy atom. The summed E-state index contributed by atoms with van der Waals surface area (Å²) in [5.41, 5.74) is 3.25. The zero-order chi connectivity index (χ0) is 26.1. The highest BCUT2D eigenvalue weighted by Gasteiger charge is 2.44. The Kier molecular flexibility index (Phi) is 6.54. The summed E-state index contributed by atoms with van der Waals surface area (Å²) in [6.07, 6.45) is 1.68. The average Bonchev–Trinajstić information content (AvgIpc) is 3.43. The van der Waals surface area contributed by atoms with Gasteiger partial charge in [-0.1, -0.05) is 18.2 Å². The molecule has 0 spiro atoms. The molecule has 1 atom stereocenters. The molecule has 186 valence electrons. The number of carbonyl (C=O) groups is 3. The van der Waals surface area contributed by atoms with Gasteiger partial charge in [-0.25, -0.2) is 4.39 Å². The van der Waals surface area contributed by atoms with Crippen LogP contribution in [-0.2, 0) is 16.1 Å². The Hall–Kier alpha value is -4.37. The average molecular weight is 515 g/mol. The van der Waals surface area contributed by atoms with E-state index in [4.69, 9.17) is 12.2 Å². The second-order valence-corrected chi connectivity index (χ2v) is 9.23. The fraction of sp³-hybridized carbons (Fsp3) is 0.143. The van der Waals surface area contributed by atoms with Gasteiger partial charge in [0.05, 0.1) is 12.1 Å². The van der Waals surface area contributed by atoms with Crippen molar-refractivity contribution in [2.45, 2.75) is 25.9 Å². The molecule has 2 heterocycles. The molecule has 0 saturated carbocycles. The fourth-order valence-electron chi connectivity index (χ4n) is 4.40. The van der Waals surface area contributed by atoms with Gasteiger partial charge < -0.3 is 15.2 Å². The van der Waals surface area contributed by atoms with Gasteiger partial charge in [-0.05, 0) is 84.7 Å². The summed E-state index contributed by atoms with van der Waals surface area (Å²) < 4.78 is 13.5. The van der Waals surface area contributed by atoms with Gasteiger partial charge in [-0.3, -0.25) is 19.3 Å². The van der Waals surface area contributed by atoms with Crippen LogP contribution in [0.5, 0.6) is 0 Å². The van der Waals surface area contributed by atoms with Crippen molar-refractivity contribution in [1.29, 1.82) is 0 Å². The number of Topliss-reactive ketones (excluding diaryl/α,β-unsaturated/α-hetero) is 1. The second kappa shape index (κ2) is 9.94. The van der Waals surface area contributed by atoms with Crippen LogP contribution in [0.15, 0.2) is 79.0 Å². The third-order valence-electron chi connectivity index (χ3n) is 6.33. The zero-order valence-corrected chi connectivity index (χ0v) is 20.7. The Morgan fingerprint density at radius 3 is 2.46 bits per heavy atom. The molecule has 9 heteroatoms. The molecule has 1 fully saturated rings. The molecule has 1 aromatic heterocycles. The molecule has 0 radical (unpaired) electrons. The molecule has 1 saturated heterocycles. The van der Waals surface area contributed by atoms with Crippen molar-refractivity contribution in [2.24, 2.45) is 0 Å². The molecule has 2 amide bonds. The predicted octanol–water partition coefficient (Wildman–Crippen LogP) is 5.04. The van der Waals surface area contributed by atoms with Crippen molar-refractivity contribution in [3.05, 3.63) is 95.9 Å². The lowest BCUT2D eigenvalue weighted by Crippen LogP contribution is -2.37. The Morgan fingerprint density at radius 1 is 1.03 bits per heavy atom. The fourth-order valence-corrected chi connectivity index (χ4v) is 4.78. The Labute approximate surface area is 217 Å². The number of H-pyrrole nitrogens is 1. The first-order valence-electron chi connectivity index (χ1n) is 11.7. The van der Waals surface area contributed by atoms with E-state index in [9.17, 15) is 18.8 Å². The van der Waals surface area contributed by atoms with Crippen LogP contribution in [0.4, 0.5) is 15.8 Å². The minimum atomic E-state index is -0.862. The minimum Gasteiger partial charge on any atom is -0.361 e. The maximum absolute atomic E-state index is 13.6. The molecule has 7 nitrogen and oxygen atoms in total. The molecule has 4 aromatic rings. The molecule has 0 bridgehead atoms. The molecule has 3 aromatic carbocycles. The first kappa shape index (κ1) is 24.3. The normalized spacial score (nSPS) is 15.5. The van der Waals surface area contributed by atoms with E-state index in [0.29, 0.717) is 16.9 Å². The number of carbonyl (C=O) groups excluding carboxylic acids is 3. The molecule has 5 rings (SSSR count). The Bertz CT molecular complexity index is 1510. The van der Waals surface area contributed by atoms with Gasteiger partial charge >= 0.3 is 0 Å². The van der Waals surface area contributed by atoms with Gasteiger partial charge in [0.1, 0.15) is 11.9 Å². The van der Waals surface area contributed by atoms with Crippen LogP contribution in [0.2, 0.25) is 0 Å². The molecular weight excluding hydrogens is 491 g/mol. The first-order chi connectivity index (χ1) is 17.8. The van der Waals surface area contributed by atoms with Crippen LogP contribution in [0.1, 0.15) is 29.3 Å². The number of anilines is 2. The van der Waals surface area contributed by atoms with Gasteiger partial charge in [-0.2, -0.15) is 0 Å². The van der Waals surface area contributed by atoms with E-state index in [0.717, 1.165) is 16.5 Å². The number of thiocarbonyl (C=S) groups is 1. The highest BCUT2D eigenvalue weighted by atomic mass is 32.1. The predicted molar refractivity (Wildman–Crippen MR) is 144 cm³/mol. The maximum atomic E-state index is 13.6. The number of nitrogens with one attached hydrogen (secondary N) is 2. The van der Waals surface area contributed by atoms with Crippen LogP contribution in [0.25, 0.3) is 10.9 Å². The second-order valence-electron chi connectivity index (χ2n) is 8.86. The van der Waals surface area contributed by atoms with Gasteiger partial charge in [0.15, 0.2) is 10.9 Å². The monoisotopic (exact) mass is 514 g/mol. The number of benzene rings is 3. The number of aromatic amines is 1. The van der Waals surface area contributed by atoms with Gasteiger partial charge in [-0.15, -0.1) is 0 Å². The van der Waals surface area contributed by atoms with Crippen molar-refractivity contribution in [1.82, 2.24) is 9.88 Å². The van der Waals surface area contributed by atoms with E-state index in [1.807, 2.05) is 24.4 Å². The van der Waals surface area contributed by atoms with Crippen LogP contribution >= 0.6 is 12.2 Å². The quantitative estimate of drug-likeness (QED) is 0.267. The number of hydrogen-bond donors (Lipinski definition) is 2. The third-order valence-corrected chi connectivity index (χ3v) is 6.75. The summed E-state index contributed by atoms with van der Waals surface area (Å²) in [4.78, 5) is 44.5. The third kappa shape index (κ3) is 4.99. The van der Waals surface area contributed by atoms with E-state index in [-0.39, 0.29) is 41.5 Å². The van der Waals surface area contributed by atoms with E-state index in [1.165, 1.54) is 24.0 Å². The molecule has 1 aliphatic heterocycles. The summed E-state index contributed by atoms with van der Waals surface area (Å²) in [6.45, 7) is 1.69. The lowest BCUT2D eigenvalue weighted by Gasteiger charge is -2.24. The van der Waals surface area contributed by atoms with Crippen molar-refractivity contribution < 1.29 is 18.8 Å². The number of amides is 2. The number of rotatable bonds is 7. The lowest BCUT2D eigenvalue weighted by molar-refractivity contribution is -0.124. The van der Waals surface area contributed by atoms with Crippen molar-refractivity contribution >= 4 is 57.2 Å². The number of fused-ring (bicyclic) bond motifs is 1. The molecule has 1 unspecified atom stereocenters. The lowest BCUT2D eigenvalue weighted by atomic mass is 10.1. The van der Waals surface area contributed by atoms with Crippen molar-refractivity contribution in [3.63, 3.8) is 0 Å². The molecular formula is C28H23FN4O3S. The van der Waals surface area contributed by atoms with Gasteiger partial charge in [0.25, 0.3) is 5.91 Å². The summed E-state index contributed by atoms with van der Waals surface area (Å²) in [5.74, 6) is -1.15. The number of hydrogen-bond acceptors (Lipinski definition) is 4. The van der Waals surface area contributed by atoms with E-state index >= 15 is 0 Å². The van der Waals surface area contributed by atoms with Crippen LogP contribution < -0.4 is 10.2 Å². The van der Waals surface area contributed by atoms with E-state index in [2.05, 4.69) is 10.3 Å². The zero-order valence-electron chi connectivity index (χ0n) is 19.9. The van der Waals surface area contributed by atoms with E-state index in [1.54, 1.807) is 47.4 Å². The van der Waals surface area contributed by atoms with Crippen molar-refractivity contribution in [3.8, 4) is 0 Å². The van der Waals surface area contributed by atoms with Crippen molar-refractivity contribution in [2.75, 3.05) is 10.2 Å². The van der Waals surface area contributed by atoms with Crippen LogP contribution in [-0.4, -0.2) is 38.6 Å².